The second-order valence-electron chi connectivity index (χ2n) is 5.79. The third-order valence-electron chi connectivity index (χ3n) is 4.23. The maximum atomic E-state index is 6.43. The Morgan fingerprint density at radius 2 is 2.10 bits per heavy atom. The molecule has 0 unspecified atom stereocenters. The van der Waals surface area contributed by atoms with Crippen molar-refractivity contribution in [3.63, 3.8) is 0 Å². The third kappa shape index (κ3) is 4.13. The average Bonchev–Trinajstić information content (AvgIpc) is 2.40. The van der Waals surface area contributed by atoms with Gasteiger partial charge < -0.3 is 10.2 Å². The van der Waals surface area contributed by atoms with E-state index in [-0.39, 0.29) is 0 Å². The van der Waals surface area contributed by atoms with Crippen LogP contribution >= 0.6 is 11.6 Å². The van der Waals surface area contributed by atoms with E-state index in [1.807, 2.05) is 0 Å². The first kappa shape index (κ1) is 15.7. The van der Waals surface area contributed by atoms with E-state index in [9.17, 15) is 0 Å². The van der Waals surface area contributed by atoms with Crippen molar-refractivity contribution < 1.29 is 0 Å². The quantitative estimate of drug-likeness (QED) is 0.712. The molecule has 2 rings (SSSR count). The lowest BCUT2D eigenvalue weighted by atomic mass is 9.85. The predicted molar refractivity (Wildman–Crippen MR) is 88.7 cm³/mol. The molecule has 2 nitrogen and oxygen atoms in total. The molecule has 0 heterocycles. The van der Waals surface area contributed by atoms with E-state index >= 15 is 0 Å². The summed E-state index contributed by atoms with van der Waals surface area (Å²) in [5.41, 5.74) is 2.47. The largest absolute Gasteiger partial charge is 0.371 e. The van der Waals surface area contributed by atoms with Crippen molar-refractivity contribution in [1.29, 1.82) is 0 Å². The monoisotopic (exact) mass is 294 g/mol. The Hall–Kier alpha value is -0.730. The van der Waals surface area contributed by atoms with Gasteiger partial charge in [-0.1, -0.05) is 31.0 Å². The lowest BCUT2D eigenvalue weighted by molar-refractivity contribution is 0.318. The van der Waals surface area contributed by atoms with Gasteiger partial charge in [-0.3, -0.25) is 0 Å². The fraction of sp³-hybridized carbons (Fsp3) is 0.647. The van der Waals surface area contributed by atoms with Crippen molar-refractivity contribution in [3.8, 4) is 0 Å². The van der Waals surface area contributed by atoms with Crippen LogP contribution in [0.15, 0.2) is 18.2 Å². The van der Waals surface area contributed by atoms with Crippen LogP contribution in [0, 0.1) is 5.92 Å². The summed E-state index contributed by atoms with van der Waals surface area (Å²) >= 11 is 6.43. The summed E-state index contributed by atoms with van der Waals surface area (Å²) in [5, 5.41) is 4.29. The van der Waals surface area contributed by atoms with E-state index in [0.717, 1.165) is 37.0 Å². The van der Waals surface area contributed by atoms with Crippen LogP contribution in [0.3, 0.4) is 0 Å². The lowest BCUT2D eigenvalue weighted by Crippen LogP contribution is -2.32. The van der Waals surface area contributed by atoms with Crippen molar-refractivity contribution in [2.24, 2.45) is 5.92 Å². The van der Waals surface area contributed by atoms with Crippen LogP contribution in [0.4, 0.5) is 5.69 Å². The highest BCUT2D eigenvalue weighted by molar-refractivity contribution is 6.31. The van der Waals surface area contributed by atoms with Crippen molar-refractivity contribution in [2.75, 3.05) is 24.5 Å². The highest BCUT2D eigenvalue weighted by Gasteiger charge is 2.20. The summed E-state index contributed by atoms with van der Waals surface area (Å²) in [6.45, 7) is 8.55. The molecular weight excluding hydrogens is 268 g/mol. The topological polar surface area (TPSA) is 15.3 Å². The van der Waals surface area contributed by atoms with E-state index in [1.54, 1.807) is 0 Å². The first-order chi connectivity index (χ1) is 9.74. The zero-order valence-corrected chi connectivity index (χ0v) is 13.5. The van der Waals surface area contributed by atoms with Crippen molar-refractivity contribution in [3.05, 3.63) is 28.8 Å². The SMILES string of the molecule is CCCNCc1ccc(N(CC)CC2CCC2)cc1Cl. The number of nitrogens with one attached hydrogen (secondary N) is 1. The number of nitrogens with zero attached hydrogens (tertiary/aromatic N) is 1. The molecule has 1 saturated carbocycles. The summed E-state index contributed by atoms with van der Waals surface area (Å²) in [6.07, 6.45) is 5.35. The van der Waals surface area contributed by atoms with E-state index in [2.05, 4.69) is 42.3 Å². The highest BCUT2D eigenvalue weighted by atomic mass is 35.5. The van der Waals surface area contributed by atoms with Crippen molar-refractivity contribution in [2.45, 2.75) is 46.1 Å². The first-order valence-electron chi connectivity index (χ1n) is 7.98. The summed E-state index contributed by atoms with van der Waals surface area (Å²) < 4.78 is 0. The van der Waals surface area contributed by atoms with Crippen LogP contribution in [-0.2, 0) is 6.54 Å². The van der Waals surface area contributed by atoms with E-state index in [1.165, 1.54) is 37.1 Å². The number of hydrogen-bond acceptors (Lipinski definition) is 2. The minimum atomic E-state index is 0.863. The van der Waals surface area contributed by atoms with Gasteiger partial charge in [-0.2, -0.15) is 0 Å². The minimum absolute atomic E-state index is 0.863. The molecule has 0 radical (unpaired) electrons. The molecule has 1 N–H and O–H groups in total. The smallest absolute Gasteiger partial charge is 0.0471 e. The Labute approximate surface area is 128 Å². The number of benzene rings is 1. The fourth-order valence-corrected chi connectivity index (χ4v) is 2.92. The number of rotatable bonds is 8. The van der Waals surface area contributed by atoms with Crippen LogP contribution in [0.25, 0.3) is 0 Å². The van der Waals surface area contributed by atoms with Crippen molar-refractivity contribution in [1.82, 2.24) is 5.32 Å². The van der Waals surface area contributed by atoms with Gasteiger partial charge in [0.2, 0.25) is 0 Å². The van der Waals surface area contributed by atoms with Crippen LogP contribution in [0.1, 0.15) is 45.1 Å². The molecule has 1 aliphatic rings. The summed E-state index contributed by atoms with van der Waals surface area (Å²) in [5.74, 6) is 0.889. The molecule has 0 spiro atoms. The van der Waals surface area contributed by atoms with Crippen LogP contribution in [0.5, 0.6) is 0 Å². The van der Waals surface area contributed by atoms with Gasteiger partial charge in [0.1, 0.15) is 0 Å². The average molecular weight is 295 g/mol. The summed E-state index contributed by atoms with van der Waals surface area (Å²) in [7, 11) is 0. The molecule has 1 aromatic rings. The van der Waals surface area contributed by atoms with E-state index in [0.29, 0.717) is 0 Å². The zero-order valence-electron chi connectivity index (χ0n) is 12.8. The molecule has 0 aromatic heterocycles. The first-order valence-corrected chi connectivity index (χ1v) is 8.36. The highest BCUT2D eigenvalue weighted by Crippen LogP contribution is 2.30. The van der Waals surface area contributed by atoms with Gasteiger partial charge in [-0.25, -0.2) is 0 Å². The maximum Gasteiger partial charge on any atom is 0.0471 e. The zero-order chi connectivity index (χ0) is 14.4. The number of hydrogen-bond donors (Lipinski definition) is 1. The minimum Gasteiger partial charge on any atom is -0.371 e. The Kier molecular flexibility index (Phi) is 6.18. The Morgan fingerprint density at radius 3 is 2.65 bits per heavy atom. The molecule has 1 aliphatic carbocycles. The molecule has 0 bridgehead atoms. The molecule has 3 heteroatoms. The van der Waals surface area contributed by atoms with Gasteiger partial charge >= 0.3 is 0 Å². The summed E-state index contributed by atoms with van der Waals surface area (Å²) in [6, 6.07) is 6.52. The molecule has 1 aromatic carbocycles. The van der Waals surface area contributed by atoms with Crippen LogP contribution < -0.4 is 10.2 Å². The lowest BCUT2D eigenvalue weighted by Gasteiger charge is -2.33. The second-order valence-corrected chi connectivity index (χ2v) is 6.20. The predicted octanol–water partition coefficient (Wildman–Crippen LogP) is 4.47. The Bertz CT molecular complexity index is 415. The molecule has 0 amide bonds. The molecule has 1 fully saturated rings. The fourth-order valence-electron chi connectivity index (χ4n) is 2.68. The molecule has 0 aliphatic heterocycles. The number of anilines is 1. The molecular formula is C17H27ClN2. The molecule has 112 valence electrons. The third-order valence-corrected chi connectivity index (χ3v) is 4.58. The van der Waals surface area contributed by atoms with Gasteiger partial charge in [-0.05, 0) is 56.3 Å². The van der Waals surface area contributed by atoms with Gasteiger partial charge in [0, 0.05) is 30.3 Å². The normalized spacial score (nSPS) is 15.2. The van der Waals surface area contributed by atoms with Crippen molar-refractivity contribution >= 4 is 17.3 Å². The summed E-state index contributed by atoms with van der Waals surface area (Å²) in [4.78, 5) is 2.46. The second kappa shape index (κ2) is 7.90. The van der Waals surface area contributed by atoms with Gasteiger partial charge in [0.15, 0.2) is 0 Å². The van der Waals surface area contributed by atoms with Gasteiger partial charge in [0.25, 0.3) is 0 Å². The maximum absolute atomic E-state index is 6.43. The molecule has 0 atom stereocenters. The Morgan fingerprint density at radius 1 is 1.30 bits per heavy atom. The van der Waals surface area contributed by atoms with Gasteiger partial charge in [0.05, 0.1) is 0 Å². The Balaban J connectivity index is 1.98. The van der Waals surface area contributed by atoms with E-state index in [4.69, 9.17) is 11.6 Å². The van der Waals surface area contributed by atoms with Crippen LogP contribution in [-0.4, -0.2) is 19.6 Å². The number of halogens is 1. The molecule has 0 saturated heterocycles. The van der Waals surface area contributed by atoms with E-state index < -0.39 is 0 Å². The standard InChI is InChI=1S/C17H27ClN2/c1-3-10-19-12-15-8-9-16(11-17(15)18)20(4-2)13-14-6-5-7-14/h8-9,11,14,19H,3-7,10,12-13H2,1-2H3. The molecule has 20 heavy (non-hydrogen) atoms. The van der Waals surface area contributed by atoms with Gasteiger partial charge in [-0.15, -0.1) is 0 Å². The van der Waals surface area contributed by atoms with Crippen LogP contribution in [0.2, 0.25) is 5.02 Å².